The summed E-state index contributed by atoms with van der Waals surface area (Å²) in [4.78, 5) is 0. The zero-order valence-electron chi connectivity index (χ0n) is 12.5. The van der Waals surface area contributed by atoms with Gasteiger partial charge in [0.15, 0.2) is 0 Å². The zero-order valence-corrected chi connectivity index (χ0v) is 12.5. The van der Waals surface area contributed by atoms with Gasteiger partial charge in [-0.05, 0) is 57.5 Å². The van der Waals surface area contributed by atoms with Gasteiger partial charge < -0.3 is 5.32 Å². The topological polar surface area (TPSA) is 35.8 Å². The summed E-state index contributed by atoms with van der Waals surface area (Å²) in [5.74, 6) is 2.22. The fraction of sp³-hybridized carbons (Fsp3) is 0.933. The Labute approximate surface area is 108 Å². The lowest BCUT2D eigenvalue weighted by molar-refractivity contribution is 0.274. The number of hydrogen-bond acceptors (Lipinski definition) is 2. The molecule has 0 unspecified atom stereocenters. The minimum absolute atomic E-state index is 0.169. The van der Waals surface area contributed by atoms with Crippen LogP contribution in [0.5, 0.6) is 0 Å². The number of hydrogen-bond donors (Lipinski definition) is 1. The van der Waals surface area contributed by atoms with E-state index >= 15 is 0 Å². The van der Waals surface area contributed by atoms with Crippen LogP contribution >= 0.6 is 0 Å². The maximum absolute atomic E-state index is 8.91. The highest BCUT2D eigenvalue weighted by Gasteiger charge is 2.18. The van der Waals surface area contributed by atoms with E-state index in [0.29, 0.717) is 0 Å². The molecule has 0 aromatic carbocycles. The third-order valence-electron chi connectivity index (χ3n) is 3.55. The first-order chi connectivity index (χ1) is 7.80. The second-order valence-electron chi connectivity index (χ2n) is 6.46. The van der Waals surface area contributed by atoms with E-state index in [9.17, 15) is 0 Å². The summed E-state index contributed by atoms with van der Waals surface area (Å²) in [7, 11) is 0. The molecule has 100 valence electrons. The molecule has 0 bridgehead atoms. The molecule has 0 fully saturated rings. The Hall–Kier alpha value is -0.550. The molecule has 2 heteroatoms. The molecule has 0 saturated carbocycles. The predicted molar refractivity (Wildman–Crippen MR) is 74.7 cm³/mol. The highest BCUT2D eigenvalue weighted by molar-refractivity contribution is 4.91. The lowest BCUT2D eigenvalue weighted by atomic mass is 9.85. The Balaban J connectivity index is 3.74. The van der Waals surface area contributed by atoms with Crippen LogP contribution in [0.25, 0.3) is 0 Å². The number of nitrogens with zero attached hydrogens (tertiary/aromatic N) is 1. The third kappa shape index (κ3) is 7.39. The maximum atomic E-state index is 8.91. The molecule has 0 aromatic rings. The van der Waals surface area contributed by atoms with Gasteiger partial charge >= 0.3 is 0 Å². The van der Waals surface area contributed by atoms with Gasteiger partial charge in [0.05, 0.1) is 11.5 Å². The molecule has 17 heavy (non-hydrogen) atoms. The highest BCUT2D eigenvalue weighted by atomic mass is 14.9. The minimum Gasteiger partial charge on any atom is -0.316 e. The van der Waals surface area contributed by atoms with Crippen molar-refractivity contribution in [3.05, 3.63) is 0 Å². The molecule has 0 saturated heterocycles. The zero-order chi connectivity index (χ0) is 13.5. The number of nitriles is 1. The van der Waals surface area contributed by atoms with Crippen LogP contribution in [0.1, 0.15) is 54.4 Å². The Morgan fingerprint density at radius 3 is 2.06 bits per heavy atom. The van der Waals surface area contributed by atoms with Crippen LogP contribution in [-0.4, -0.2) is 13.1 Å². The van der Waals surface area contributed by atoms with Crippen LogP contribution in [0.15, 0.2) is 0 Å². The second-order valence-corrected chi connectivity index (χ2v) is 6.46. The Morgan fingerprint density at radius 1 is 1.12 bits per heavy atom. The molecule has 1 N–H and O–H groups in total. The van der Waals surface area contributed by atoms with E-state index in [2.05, 4.69) is 39.1 Å². The summed E-state index contributed by atoms with van der Waals surface area (Å²) in [6.45, 7) is 15.3. The van der Waals surface area contributed by atoms with Crippen molar-refractivity contribution >= 4 is 0 Å². The molecule has 0 aliphatic carbocycles. The van der Waals surface area contributed by atoms with Gasteiger partial charge in [0.1, 0.15) is 0 Å². The fourth-order valence-corrected chi connectivity index (χ4v) is 2.22. The molecule has 0 aliphatic heterocycles. The van der Waals surface area contributed by atoms with Crippen molar-refractivity contribution < 1.29 is 0 Å². The molecule has 0 aliphatic rings. The van der Waals surface area contributed by atoms with Crippen LogP contribution < -0.4 is 5.32 Å². The molecule has 0 atom stereocenters. The van der Waals surface area contributed by atoms with Crippen molar-refractivity contribution in [1.82, 2.24) is 5.32 Å². The molecule has 0 aromatic heterocycles. The van der Waals surface area contributed by atoms with Crippen molar-refractivity contribution in [2.45, 2.75) is 54.4 Å². The van der Waals surface area contributed by atoms with Crippen LogP contribution in [0.2, 0.25) is 0 Å². The average Bonchev–Trinajstić information content (AvgIpc) is 2.22. The first-order valence-electron chi connectivity index (χ1n) is 6.92. The molecule has 2 nitrogen and oxygen atoms in total. The van der Waals surface area contributed by atoms with Gasteiger partial charge in [0.25, 0.3) is 0 Å². The van der Waals surface area contributed by atoms with Crippen molar-refractivity contribution in [3.8, 4) is 6.07 Å². The van der Waals surface area contributed by atoms with Crippen molar-refractivity contribution in [2.24, 2.45) is 23.2 Å². The molecule has 0 amide bonds. The summed E-state index contributed by atoms with van der Waals surface area (Å²) in [5.41, 5.74) is -0.169. The van der Waals surface area contributed by atoms with Crippen LogP contribution in [-0.2, 0) is 0 Å². The van der Waals surface area contributed by atoms with E-state index < -0.39 is 0 Å². The van der Waals surface area contributed by atoms with E-state index in [0.717, 1.165) is 43.7 Å². The normalized spacial score (nSPS) is 12.5. The summed E-state index contributed by atoms with van der Waals surface area (Å²) in [5, 5.41) is 12.4. The molecular weight excluding hydrogens is 208 g/mol. The van der Waals surface area contributed by atoms with Gasteiger partial charge in [0, 0.05) is 0 Å². The summed E-state index contributed by atoms with van der Waals surface area (Å²) in [6, 6.07) is 2.35. The minimum atomic E-state index is -0.169. The van der Waals surface area contributed by atoms with Gasteiger partial charge in [-0.1, -0.05) is 27.7 Å². The van der Waals surface area contributed by atoms with Crippen molar-refractivity contribution in [3.63, 3.8) is 0 Å². The smallest absolute Gasteiger partial charge is 0.0683 e. The van der Waals surface area contributed by atoms with E-state index in [4.69, 9.17) is 5.26 Å². The monoisotopic (exact) mass is 238 g/mol. The first-order valence-corrected chi connectivity index (χ1v) is 6.92. The standard InChI is InChI=1S/C15H30N2/c1-12(2)14(13(3)4)10-17-9-7-8-15(5,6)11-16/h12-14,17H,7-10H2,1-6H3. The maximum Gasteiger partial charge on any atom is 0.0683 e. The molecule has 0 radical (unpaired) electrons. The molecular formula is C15H30N2. The lowest BCUT2D eigenvalue weighted by Gasteiger charge is -2.25. The second kappa shape index (κ2) is 7.71. The number of rotatable bonds is 8. The van der Waals surface area contributed by atoms with Crippen LogP contribution in [0.3, 0.4) is 0 Å². The van der Waals surface area contributed by atoms with E-state index in [1.54, 1.807) is 0 Å². The van der Waals surface area contributed by atoms with Gasteiger partial charge in [-0.3, -0.25) is 0 Å². The largest absolute Gasteiger partial charge is 0.316 e. The fourth-order valence-electron chi connectivity index (χ4n) is 2.22. The summed E-state index contributed by atoms with van der Waals surface area (Å²) in [6.07, 6.45) is 2.06. The first kappa shape index (κ1) is 16.4. The third-order valence-corrected chi connectivity index (χ3v) is 3.55. The molecule has 0 spiro atoms. The number of nitrogens with one attached hydrogen (secondary N) is 1. The van der Waals surface area contributed by atoms with E-state index in [1.165, 1.54) is 0 Å². The van der Waals surface area contributed by atoms with Gasteiger partial charge in [-0.2, -0.15) is 5.26 Å². The van der Waals surface area contributed by atoms with Gasteiger partial charge in [-0.15, -0.1) is 0 Å². The lowest BCUT2D eigenvalue weighted by Crippen LogP contribution is -2.30. The molecule has 0 rings (SSSR count). The van der Waals surface area contributed by atoms with Crippen molar-refractivity contribution in [2.75, 3.05) is 13.1 Å². The Bertz CT molecular complexity index is 228. The summed E-state index contributed by atoms with van der Waals surface area (Å²) < 4.78 is 0. The van der Waals surface area contributed by atoms with Crippen molar-refractivity contribution in [1.29, 1.82) is 5.26 Å². The van der Waals surface area contributed by atoms with E-state index in [-0.39, 0.29) is 5.41 Å². The van der Waals surface area contributed by atoms with Crippen LogP contribution in [0.4, 0.5) is 0 Å². The van der Waals surface area contributed by atoms with Crippen LogP contribution in [0, 0.1) is 34.5 Å². The SMILES string of the molecule is CC(C)C(CNCCCC(C)(C)C#N)C(C)C. The van der Waals surface area contributed by atoms with Gasteiger partial charge in [0.2, 0.25) is 0 Å². The Kier molecular flexibility index (Phi) is 7.46. The summed E-state index contributed by atoms with van der Waals surface area (Å²) >= 11 is 0. The molecule has 0 heterocycles. The Morgan fingerprint density at radius 2 is 1.65 bits per heavy atom. The van der Waals surface area contributed by atoms with Gasteiger partial charge in [-0.25, -0.2) is 0 Å². The predicted octanol–water partition coefficient (Wildman–Crippen LogP) is 3.83. The average molecular weight is 238 g/mol. The van der Waals surface area contributed by atoms with E-state index in [1.807, 2.05) is 13.8 Å². The highest BCUT2D eigenvalue weighted by Crippen LogP contribution is 2.21. The quantitative estimate of drug-likeness (QED) is 0.652.